The van der Waals surface area contributed by atoms with Gasteiger partial charge in [0.15, 0.2) is 6.61 Å². The van der Waals surface area contributed by atoms with Gasteiger partial charge in [-0.3, -0.25) is 19.3 Å². The van der Waals surface area contributed by atoms with Crippen LogP contribution in [-0.4, -0.2) is 48.3 Å². The van der Waals surface area contributed by atoms with E-state index in [1.54, 1.807) is 24.3 Å². The van der Waals surface area contributed by atoms with Crippen LogP contribution in [0.4, 0.5) is 11.4 Å². The van der Waals surface area contributed by atoms with Gasteiger partial charge in [-0.2, -0.15) is 0 Å². The number of benzene rings is 2. The van der Waals surface area contributed by atoms with E-state index in [0.717, 1.165) is 24.3 Å². The number of esters is 1. The van der Waals surface area contributed by atoms with Crippen LogP contribution in [0.25, 0.3) is 0 Å². The highest BCUT2D eigenvalue weighted by Crippen LogP contribution is 2.22. The van der Waals surface area contributed by atoms with E-state index in [9.17, 15) is 19.2 Å². The molecule has 2 aliphatic rings. The van der Waals surface area contributed by atoms with Crippen molar-refractivity contribution < 1.29 is 23.9 Å². The number of anilines is 2. The Morgan fingerprint density at radius 3 is 2.12 bits per heavy atom. The zero-order valence-corrected chi connectivity index (χ0v) is 17.7. The minimum Gasteiger partial charge on any atom is -0.452 e. The molecule has 2 saturated heterocycles. The van der Waals surface area contributed by atoms with Gasteiger partial charge in [-0.05, 0) is 54.8 Å². The summed E-state index contributed by atoms with van der Waals surface area (Å²) in [5.41, 5.74) is 2.80. The number of ether oxygens (including phenoxy) is 1. The second kappa shape index (κ2) is 9.64. The fourth-order valence-electron chi connectivity index (χ4n) is 3.87. The van der Waals surface area contributed by atoms with Crippen LogP contribution >= 0.6 is 0 Å². The first-order valence-electron chi connectivity index (χ1n) is 10.7. The van der Waals surface area contributed by atoms with Crippen molar-refractivity contribution in [3.05, 3.63) is 59.7 Å². The third-order valence-corrected chi connectivity index (χ3v) is 5.64. The lowest BCUT2D eigenvalue weighted by Crippen LogP contribution is -2.28. The molecule has 8 heteroatoms. The molecule has 2 fully saturated rings. The maximum atomic E-state index is 12.2. The first-order chi connectivity index (χ1) is 15.5. The van der Waals surface area contributed by atoms with Gasteiger partial charge in [-0.15, -0.1) is 0 Å². The molecule has 0 spiro atoms. The van der Waals surface area contributed by atoms with Crippen molar-refractivity contribution in [2.24, 2.45) is 0 Å². The summed E-state index contributed by atoms with van der Waals surface area (Å²) in [6, 6.07) is 14.0. The number of imide groups is 1. The van der Waals surface area contributed by atoms with Gasteiger partial charge in [-0.25, -0.2) is 4.79 Å². The summed E-state index contributed by atoms with van der Waals surface area (Å²) in [7, 11) is 0. The van der Waals surface area contributed by atoms with E-state index in [1.165, 1.54) is 17.7 Å². The number of hydrogen-bond acceptors (Lipinski definition) is 6. The maximum Gasteiger partial charge on any atom is 0.338 e. The molecule has 2 aliphatic heterocycles. The van der Waals surface area contributed by atoms with E-state index in [0.29, 0.717) is 5.69 Å². The lowest BCUT2D eigenvalue weighted by atomic mass is 10.1. The highest BCUT2D eigenvalue weighted by Gasteiger charge is 2.28. The van der Waals surface area contributed by atoms with Gasteiger partial charge in [0.1, 0.15) is 0 Å². The van der Waals surface area contributed by atoms with Crippen LogP contribution < -0.4 is 10.2 Å². The van der Waals surface area contributed by atoms with Gasteiger partial charge in [0.05, 0.1) is 12.1 Å². The second-order valence-electron chi connectivity index (χ2n) is 7.94. The number of nitrogens with one attached hydrogen (secondary N) is 1. The molecule has 2 heterocycles. The first kappa shape index (κ1) is 21.5. The van der Waals surface area contributed by atoms with Crippen LogP contribution in [-0.2, 0) is 25.7 Å². The van der Waals surface area contributed by atoms with E-state index in [1.807, 2.05) is 24.3 Å². The van der Waals surface area contributed by atoms with Gasteiger partial charge in [0, 0.05) is 37.3 Å². The van der Waals surface area contributed by atoms with Gasteiger partial charge < -0.3 is 15.0 Å². The Hall–Kier alpha value is -3.68. The average molecular weight is 435 g/mol. The minimum atomic E-state index is -0.621. The number of nitrogens with zero attached hydrogens (tertiary/aromatic N) is 2. The summed E-state index contributed by atoms with van der Waals surface area (Å²) < 4.78 is 5.10. The van der Waals surface area contributed by atoms with Crippen LogP contribution in [0.15, 0.2) is 48.5 Å². The lowest BCUT2D eigenvalue weighted by Gasteiger charge is -2.17. The number of likely N-dealkylation sites (tertiary alicyclic amines) is 1. The monoisotopic (exact) mass is 435 g/mol. The fraction of sp³-hybridized carbons (Fsp3) is 0.333. The number of hydrogen-bond donors (Lipinski definition) is 1. The van der Waals surface area contributed by atoms with Crippen molar-refractivity contribution in [1.82, 2.24) is 4.90 Å². The van der Waals surface area contributed by atoms with Crippen LogP contribution in [0.1, 0.15) is 41.6 Å². The molecule has 8 nitrogen and oxygen atoms in total. The van der Waals surface area contributed by atoms with Gasteiger partial charge in [0.2, 0.25) is 11.8 Å². The third kappa shape index (κ3) is 5.14. The van der Waals surface area contributed by atoms with Crippen LogP contribution in [0.3, 0.4) is 0 Å². The quantitative estimate of drug-likeness (QED) is 0.531. The first-order valence-corrected chi connectivity index (χ1v) is 10.7. The fourth-order valence-corrected chi connectivity index (χ4v) is 3.87. The highest BCUT2D eigenvalue weighted by atomic mass is 16.5. The highest BCUT2D eigenvalue weighted by molar-refractivity contribution is 6.01. The minimum absolute atomic E-state index is 0.185. The van der Waals surface area contributed by atoms with E-state index in [4.69, 9.17) is 4.74 Å². The second-order valence-corrected chi connectivity index (χ2v) is 7.94. The van der Waals surface area contributed by atoms with Crippen molar-refractivity contribution in [1.29, 1.82) is 0 Å². The van der Waals surface area contributed by atoms with Crippen LogP contribution in [0.2, 0.25) is 0 Å². The molecule has 4 rings (SSSR count). The Balaban J connectivity index is 1.24. The summed E-state index contributed by atoms with van der Waals surface area (Å²) in [5.74, 6) is -1.41. The summed E-state index contributed by atoms with van der Waals surface area (Å²) in [6.45, 7) is 1.89. The maximum absolute atomic E-state index is 12.2. The Bertz CT molecular complexity index is 995. The van der Waals surface area contributed by atoms with Crippen LogP contribution in [0, 0.1) is 0 Å². The number of carbonyl (C=O) groups is 4. The Labute approximate surface area is 186 Å². The zero-order chi connectivity index (χ0) is 22.5. The molecule has 0 saturated carbocycles. The molecule has 0 bridgehead atoms. The zero-order valence-electron chi connectivity index (χ0n) is 17.7. The molecule has 1 N–H and O–H groups in total. The molecule has 3 amide bonds. The Morgan fingerprint density at radius 1 is 0.875 bits per heavy atom. The molecule has 166 valence electrons. The number of carbonyl (C=O) groups excluding carboxylic acids is 4. The number of amides is 3. The van der Waals surface area contributed by atoms with Crippen molar-refractivity contribution in [3.63, 3.8) is 0 Å². The van der Waals surface area contributed by atoms with E-state index >= 15 is 0 Å². The molecule has 0 atom stereocenters. The normalized spacial score (nSPS) is 15.9. The molecule has 0 aromatic heterocycles. The van der Waals surface area contributed by atoms with Crippen LogP contribution in [0.5, 0.6) is 0 Å². The molecule has 0 unspecified atom stereocenters. The number of rotatable bonds is 7. The molecular weight excluding hydrogens is 410 g/mol. The third-order valence-electron chi connectivity index (χ3n) is 5.64. The summed E-state index contributed by atoms with van der Waals surface area (Å²) in [6.07, 6.45) is 2.89. The average Bonchev–Trinajstić information content (AvgIpc) is 3.45. The van der Waals surface area contributed by atoms with Gasteiger partial charge in [-0.1, -0.05) is 12.1 Å². The molecule has 0 aliphatic carbocycles. The molecule has 2 aromatic carbocycles. The molecule has 2 aromatic rings. The van der Waals surface area contributed by atoms with E-state index in [2.05, 4.69) is 10.2 Å². The van der Waals surface area contributed by atoms with Crippen molar-refractivity contribution in [3.8, 4) is 0 Å². The SMILES string of the molecule is O=C(COC(=O)c1ccc(CN2C(=O)CCC2=O)cc1)Nc1ccc(N2CCCC2)cc1. The van der Waals surface area contributed by atoms with Crippen molar-refractivity contribution in [2.45, 2.75) is 32.2 Å². The summed E-state index contributed by atoms with van der Waals surface area (Å²) in [5, 5.41) is 2.72. The van der Waals surface area contributed by atoms with E-state index < -0.39 is 18.5 Å². The van der Waals surface area contributed by atoms with Crippen molar-refractivity contribution >= 4 is 35.1 Å². The predicted octanol–water partition coefficient (Wildman–Crippen LogP) is 2.73. The van der Waals surface area contributed by atoms with E-state index in [-0.39, 0.29) is 36.8 Å². The Kier molecular flexibility index (Phi) is 6.49. The lowest BCUT2D eigenvalue weighted by molar-refractivity contribution is -0.139. The Morgan fingerprint density at radius 2 is 1.50 bits per heavy atom. The van der Waals surface area contributed by atoms with Gasteiger partial charge in [0.25, 0.3) is 5.91 Å². The summed E-state index contributed by atoms with van der Waals surface area (Å²) >= 11 is 0. The largest absolute Gasteiger partial charge is 0.452 e. The van der Waals surface area contributed by atoms with Crippen molar-refractivity contribution in [2.75, 3.05) is 29.9 Å². The molecular formula is C24H25N3O5. The summed E-state index contributed by atoms with van der Waals surface area (Å²) in [4.78, 5) is 51.3. The topological polar surface area (TPSA) is 96.0 Å². The molecule has 0 radical (unpaired) electrons. The predicted molar refractivity (Wildman–Crippen MR) is 118 cm³/mol. The smallest absolute Gasteiger partial charge is 0.338 e. The molecule has 32 heavy (non-hydrogen) atoms. The van der Waals surface area contributed by atoms with Gasteiger partial charge >= 0.3 is 5.97 Å². The standard InChI is InChI=1S/C24H25N3O5/c28-21(25-19-7-9-20(10-8-19)26-13-1-2-14-26)16-32-24(31)18-5-3-17(4-6-18)15-27-22(29)11-12-23(27)30/h3-10H,1-2,11-16H2,(H,25,28).